The molecular formula is C10H14BrNO. The number of hydrogen-bond donors (Lipinski definition) is 2. The van der Waals surface area contributed by atoms with Crippen LogP contribution in [0.15, 0.2) is 22.7 Å². The normalized spacial score (nSPS) is 15.5. The molecule has 0 aliphatic heterocycles. The first kappa shape index (κ1) is 10.7. The van der Waals surface area contributed by atoms with Gasteiger partial charge in [0.1, 0.15) is 0 Å². The second kappa shape index (κ2) is 3.78. The molecular weight excluding hydrogens is 230 g/mol. The molecule has 0 heterocycles. The zero-order valence-electron chi connectivity index (χ0n) is 7.84. The van der Waals surface area contributed by atoms with E-state index in [1.54, 1.807) is 0 Å². The molecule has 0 aromatic heterocycles. The summed E-state index contributed by atoms with van der Waals surface area (Å²) in [6.45, 7) is 3.76. The Balaban J connectivity index is 3.15. The second-order valence-corrected chi connectivity index (χ2v) is 4.51. The van der Waals surface area contributed by atoms with Gasteiger partial charge in [-0.25, -0.2) is 0 Å². The molecule has 2 nitrogen and oxygen atoms in total. The summed E-state index contributed by atoms with van der Waals surface area (Å²) in [5.41, 5.74) is 7.33. The van der Waals surface area contributed by atoms with Crippen molar-refractivity contribution in [2.75, 3.05) is 6.61 Å². The molecule has 0 spiro atoms. The summed E-state index contributed by atoms with van der Waals surface area (Å²) >= 11 is 3.40. The summed E-state index contributed by atoms with van der Waals surface area (Å²) in [5, 5.41) is 9.09. The van der Waals surface area contributed by atoms with E-state index in [0.29, 0.717) is 0 Å². The van der Waals surface area contributed by atoms with E-state index in [-0.39, 0.29) is 6.61 Å². The molecule has 0 saturated heterocycles. The van der Waals surface area contributed by atoms with Crippen molar-refractivity contribution in [2.45, 2.75) is 19.4 Å². The smallest absolute Gasteiger partial charge is 0.0650 e. The molecule has 1 atom stereocenters. The second-order valence-electron chi connectivity index (χ2n) is 3.59. The Morgan fingerprint density at radius 2 is 2.08 bits per heavy atom. The van der Waals surface area contributed by atoms with E-state index >= 15 is 0 Å². The van der Waals surface area contributed by atoms with Crippen LogP contribution in [0.25, 0.3) is 0 Å². The van der Waals surface area contributed by atoms with E-state index in [1.165, 1.54) is 0 Å². The van der Waals surface area contributed by atoms with E-state index in [4.69, 9.17) is 10.8 Å². The van der Waals surface area contributed by atoms with Crippen molar-refractivity contribution >= 4 is 15.9 Å². The van der Waals surface area contributed by atoms with Crippen molar-refractivity contribution in [3.8, 4) is 0 Å². The lowest BCUT2D eigenvalue weighted by atomic mass is 9.93. The minimum absolute atomic E-state index is 0.0527. The fraction of sp³-hybridized carbons (Fsp3) is 0.400. The van der Waals surface area contributed by atoms with Gasteiger partial charge < -0.3 is 10.8 Å². The third-order valence-corrected chi connectivity index (χ3v) is 2.49. The third kappa shape index (κ3) is 2.53. The summed E-state index contributed by atoms with van der Waals surface area (Å²) in [6.07, 6.45) is 0. The number of hydrogen-bond acceptors (Lipinski definition) is 2. The number of aliphatic hydroxyl groups is 1. The lowest BCUT2D eigenvalue weighted by molar-refractivity contribution is 0.210. The van der Waals surface area contributed by atoms with Crippen LogP contribution in [0.2, 0.25) is 0 Å². The SMILES string of the molecule is Cc1cc(Br)cc(C(C)(N)CO)c1. The highest BCUT2D eigenvalue weighted by Gasteiger charge is 2.20. The van der Waals surface area contributed by atoms with E-state index in [0.717, 1.165) is 15.6 Å². The highest BCUT2D eigenvalue weighted by atomic mass is 79.9. The molecule has 0 bridgehead atoms. The van der Waals surface area contributed by atoms with Gasteiger partial charge in [0.15, 0.2) is 0 Å². The van der Waals surface area contributed by atoms with E-state index in [1.807, 2.05) is 32.0 Å². The number of halogens is 1. The van der Waals surface area contributed by atoms with E-state index in [2.05, 4.69) is 15.9 Å². The number of nitrogens with two attached hydrogens (primary N) is 1. The molecule has 0 amide bonds. The summed E-state index contributed by atoms with van der Waals surface area (Å²) in [5.74, 6) is 0. The van der Waals surface area contributed by atoms with Gasteiger partial charge >= 0.3 is 0 Å². The highest BCUT2D eigenvalue weighted by Crippen LogP contribution is 2.22. The Labute approximate surface area is 86.9 Å². The fourth-order valence-electron chi connectivity index (χ4n) is 1.16. The first-order valence-electron chi connectivity index (χ1n) is 4.13. The molecule has 13 heavy (non-hydrogen) atoms. The Morgan fingerprint density at radius 3 is 2.54 bits per heavy atom. The van der Waals surface area contributed by atoms with Crippen molar-refractivity contribution in [1.82, 2.24) is 0 Å². The topological polar surface area (TPSA) is 46.2 Å². The highest BCUT2D eigenvalue weighted by molar-refractivity contribution is 9.10. The number of aliphatic hydroxyl groups excluding tert-OH is 1. The predicted molar refractivity (Wildman–Crippen MR) is 57.5 cm³/mol. The lowest BCUT2D eigenvalue weighted by Crippen LogP contribution is -2.36. The first-order chi connectivity index (χ1) is 5.95. The zero-order valence-corrected chi connectivity index (χ0v) is 9.43. The maximum Gasteiger partial charge on any atom is 0.0650 e. The van der Waals surface area contributed by atoms with Crippen molar-refractivity contribution in [2.24, 2.45) is 5.73 Å². The minimum atomic E-state index is -0.658. The largest absolute Gasteiger partial charge is 0.394 e. The van der Waals surface area contributed by atoms with Crippen molar-refractivity contribution in [1.29, 1.82) is 0 Å². The Kier molecular flexibility index (Phi) is 3.11. The molecule has 0 saturated carbocycles. The molecule has 0 fully saturated rings. The average Bonchev–Trinajstić information content (AvgIpc) is 2.02. The van der Waals surface area contributed by atoms with E-state index in [9.17, 15) is 0 Å². The standard InChI is InChI=1S/C10H14BrNO/c1-7-3-8(5-9(11)4-7)10(2,12)6-13/h3-5,13H,6,12H2,1-2H3. The molecule has 3 N–H and O–H groups in total. The molecule has 3 heteroatoms. The Bertz CT molecular complexity index is 290. The fourth-order valence-corrected chi connectivity index (χ4v) is 1.77. The first-order valence-corrected chi connectivity index (χ1v) is 4.92. The minimum Gasteiger partial charge on any atom is -0.394 e. The van der Waals surface area contributed by atoms with Crippen LogP contribution in [0.5, 0.6) is 0 Å². The van der Waals surface area contributed by atoms with Crippen molar-refractivity contribution in [3.05, 3.63) is 33.8 Å². The van der Waals surface area contributed by atoms with Crippen LogP contribution >= 0.6 is 15.9 Å². The van der Waals surface area contributed by atoms with Gasteiger partial charge in [-0.15, -0.1) is 0 Å². The number of benzene rings is 1. The van der Waals surface area contributed by atoms with Gasteiger partial charge in [0.25, 0.3) is 0 Å². The third-order valence-electron chi connectivity index (χ3n) is 2.03. The lowest BCUT2D eigenvalue weighted by Gasteiger charge is -2.22. The van der Waals surface area contributed by atoms with E-state index < -0.39 is 5.54 Å². The molecule has 1 rings (SSSR count). The summed E-state index contributed by atoms with van der Waals surface area (Å²) in [4.78, 5) is 0. The molecule has 1 unspecified atom stereocenters. The summed E-state index contributed by atoms with van der Waals surface area (Å²) < 4.78 is 0.993. The summed E-state index contributed by atoms with van der Waals surface area (Å²) in [6, 6.07) is 5.93. The molecule has 0 aliphatic carbocycles. The van der Waals surface area contributed by atoms with Gasteiger partial charge in [-0.1, -0.05) is 22.0 Å². The molecule has 1 aromatic carbocycles. The van der Waals surface area contributed by atoms with Crippen LogP contribution in [-0.4, -0.2) is 11.7 Å². The molecule has 0 radical (unpaired) electrons. The Morgan fingerprint density at radius 1 is 1.46 bits per heavy atom. The maximum atomic E-state index is 9.09. The Hall–Kier alpha value is -0.380. The average molecular weight is 244 g/mol. The van der Waals surface area contributed by atoms with Crippen LogP contribution in [-0.2, 0) is 5.54 Å². The predicted octanol–water partition coefficient (Wildman–Crippen LogP) is 1.92. The van der Waals surface area contributed by atoms with Gasteiger partial charge in [0.2, 0.25) is 0 Å². The van der Waals surface area contributed by atoms with Gasteiger partial charge in [0, 0.05) is 4.47 Å². The van der Waals surface area contributed by atoms with Crippen LogP contribution < -0.4 is 5.73 Å². The molecule has 72 valence electrons. The van der Waals surface area contributed by atoms with Crippen molar-refractivity contribution in [3.63, 3.8) is 0 Å². The van der Waals surface area contributed by atoms with Crippen LogP contribution in [0.1, 0.15) is 18.1 Å². The quantitative estimate of drug-likeness (QED) is 0.834. The van der Waals surface area contributed by atoms with Crippen molar-refractivity contribution < 1.29 is 5.11 Å². The molecule has 1 aromatic rings. The van der Waals surface area contributed by atoms with Crippen LogP contribution in [0, 0.1) is 6.92 Å². The summed E-state index contributed by atoms with van der Waals surface area (Å²) in [7, 11) is 0. The van der Waals surface area contributed by atoms with Crippen LogP contribution in [0.3, 0.4) is 0 Å². The van der Waals surface area contributed by atoms with Gasteiger partial charge in [-0.2, -0.15) is 0 Å². The maximum absolute atomic E-state index is 9.09. The van der Waals surface area contributed by atoms with Crippen LogP contribution in [0.4, 0.5) is 0 Å². The number of aryl methyl sites for hydroxylation is 1. The molecule has 0 aliphatic rings. The zero-order chi connectivity index (χ0) is 10.1. The van der Waals surface area contributed by atoms with Gasteiger partial charge in [0.05, 0.1) is 12.1 Å². The van der Waals surface area contributed by atoms with Gasteiger partial charge in [-0.05, 0) is 37.1 Å². The number of rotatable bonds is 2. The van der Waals surface area contributed by atoms with Gasteiger partial charge in [-0.3, -0.25) is 0 Å². The monoisotopic (exact) mass is 243 g/mol.